The second-order valence-electron chi connectivity index (χ2n) is 18.2. The molecule has 1 heteroatoms. The number of anilines is 3. The summed E-state index contributed by atoms with van der Waals surface area (Å²) < 4.78 is 0. The standard InChI is InChI=1S/C55H49N/c1-34-15-13-17-36-24-32-48(52(49(34)36)42-20-14-22-46-51(42)41-19-11-12-21-44(41)54(46,5)6)56(38-27-25-37(26-28-38)53(2,3)4)39-29-31-45-43(33-39)50-40-18-10-9-16-35(40)23-30-47(50)55(45,7)8/h9-33H,1-8H3. The number of benzene rings is 8. The molecule has 2 aliphatic carbocycles. The lowest BCUT2D eigenvalue weighted by Crippen LogP contribution is -2.16. The highest BCUT2D eigenvalue weighted by Crippen LogP contribution is 2.57. The van der Waals surface area contributed by atoms with Gasteiger partial charge < -0.3 is 4.90 Å². The number of nitrogens with zero attached hydrogens (tertiary/aromatic N) is 1. The second-order valence-corrected chi connectivity index (χ2v) is 18.2. The molecule has 2 aliphatic rings. The summed E-state index contributed by atoms with van der Waals surface area (Å²) in [6.07, 6.45) is 0. The van der Waals surface area contributed by atoms with Gasteiger partial charge in [0, 0.05) is 27.8 Å². The van der Waals surface area contributed by atoms with E-state index < -0.39 is 0 Å². The summed E-state index contributed by atoms with van der Waals surface area (Å²) in [5.74, 6) is 0. The Kier molecular flexibility index (Phi) is 7.43. The largest absolute Gasteiger partial charge is 0.310 e. The van der Waals surface area contributed by atoms with Gasteiger partial charge in [-0.3, -0.25) is 0 Å². The zero-order valence-corrected chi connectivity index (χ0v) is 33.9. The van der Waals surface area contributed by atoms with Crippen LogP contribution in [-0.4, -0.2) is 0 Å². The Labute approximate surface area is 332 Å². The van der Waals surface area contributed by atoms with E-state index in [0.29, 0.717) is 0 Å². The van der Waals surface area contributed by atoms with Gasteiger partial charge in [0.1, 0.15) is 0 Å². The molecule has 10 rings (SSSR count). The van der Waals surface area contributed by atoms with Crippen LogP contribution in [0.3, 0.4) is 0 Å². The SMILES string of the molecule is Cc1cccc2ccc(N(c3ccc(C(C)(C)C)cc3)c3ccc4c(c3)-c3c(ccc5ccccc35)C4(C)C)c(-c3cccc4c3-c3ccccc3C4(C)C)c12. The molecule has 1 nitrogen and oxygen atoms in total. The van der Waals surface area contributed by atoms with Crippen LogP contribution in [0.2, 0.25) is 0 Å². The van der Waals surface area contributed by atoms with Crippen LogP contribution in [0.5, 0.6) is 0 Å². The number of hydrogen-bond donors (Lipinski definition) is 0. The summed E-state index contributed by atoms with van der Waals surface area (Å²) in [4.78, 5) is 2.54. The molecule has 274 valence electrons. The van der Waals surface area contributed by atoms with Crippen molar-refractivity contribution in [3.8, 4) is 33.4 Å². The van der Waals surface area contributed by atoms with E-state index in [-0.39, 0.29) is 16.2 Å². The van der Waals surface area contributed by atoms with Gasteiger partial charge in [0.2, 0.25) is 0 Å². The summed E-state index contributed by atoms with van der Waals surface area (Å²) >= 11 is 0. The van der Waals surface area contributed by atoms with Crippen molar-refractivity contribution in [2.24, 2.45) is 0 Å². The molecule has 0 fully saturated rings. The summed E-state index contributed by atoms with van der Waals surface area (Å²) in [6.45, 7) is 18.7. The van der Waals surface area contributed by atoms with Crippen molar-refractivity contribution >= 4 is 38.6 Å². The summed E-state index contributed by atoms with van der Waals surface area (Å²) in [5, 5.41) is 5.16. The molecule has 0 saturated carbocycles. The fourth-order valence-corrected chi connectivity index (χ4v) is 10.2. The predicted octanol–water partition coefficient (Wildman–Crippen LogP) is 15.3. The van der Waals surface area contributed by atoms with Crippen molar-refractivity contribution in [1.82, 2.24) is 0 Å². The number of rotatable bonds is 4. The van der Waals surface area contributed by atoms with Crippen LogP contribution in [0.25, 0.3) is 54.9 Å². The highest BCUT2D eigenvalue weighted by Gasteiger charge is 2.39. The smallest absolute Gasteiger partial charge is 0.0546 e. The first kappa shape index (κ1) is 34.6. The second kappa shape index (κ2) is 12.0. The maximum absolute atomic E-state index is 2.54. The Balaban J connectivity index is 1.30. The van der Waals surface area contributed by atoms with E-state index >= 15 is 0 Å². The van der Waals surface area contributed by atoms with Crippen LogP contribution in [0, 0.1) is 6.92 Å². The molecule has 0 spiro atoms. The van der Waals surface area contributed by atoms with Crippen LogP contribution < -0.4 is 4.90 Å². The third kappa shape index (κ3) is 4.93. The van der Waals surface area contributed by atoms with Crippen molar-refractivity contribution in [2.75, 3.05) is 4.90 Å². The summed E-state index contributed by atoms with van der Waals surface area (Å²) in [7, 11) is 0. The van der Waals surface area contributed by atoms with E-state index in [1.165, 1.54) is 94.0 Å². The minimum atomic E-state index is -0.109. The van der Waals surface area contributed by atoms with Crippen molar-refractivity contribution in [1.29, 1.82) is 0 Å². The molecule has 0 N–H and O–H groups in total. The van der Waals surface area contributed by atoms with Crippen LogP contribution >= 0.6 is 0 Å². The Morgan fingerprint density at radius 1 is 0.446 bits per heavy atom. The van der Waals surface area contributed by atoms with Crippen molar-refractivity contribution in [3.63, 3.8) is 0 Å². The van der Waals surface area contributed by atoms with Crippen LogP contribution in [0.15, 0.2) is 152 Å². The molecule has 0 atom stereocenters. The van der Waals surface area contributed by atoms with Crippen molar-refractivity contribution < 1.29 is 0 Å². The molecular formula is C55H49N. The van der Waals surface area contributed by atoms with Crippen molar-refractivity contribution in [3.05, 3.63) is 185 Å². The average Bonchev–Trinajstić information content (AvgIpc) is 3.57. The van der Waals surface area contributed by atoms with E-state index in [9.17, 15) is 0 Å². The fraction of sp³-hybridized carbons (Fsp3) is 0.200. The normalized spacial score (nSPS) is 14.7. The highest BCUT2D eigenvalue weighted by molar-refractivity contribution is 6.11. The average molecular weight is 724 g/mol. The minimum absolute atomic E-state index is 0.0449. The Bertz CT molecular complexity index is 2900. The highest BCUT2D eigenvalue weighted by atomic mass is 15.1. The number of fused-ring (bicyclic) bond motifs is 9. The van der Waals surface area contributed by atoms with Gasteiger partial charge in [0.15, 0.2) is 0 Å². The molecule has 56 heavy (non-hydrogen) atoms. The quantitative estimate of drug-likeness (QED) is 0.175. The van der Waals surface area contributed by atoms with Gasteiger partial charge in [0.25, 0.3) is 0 Å². The lowest BCUT2D eigenvalue weighted by molar-refractivity contribution is 0.590. The van der Waals surface area contributed by atoms with E-state index in [1.54, 1.807) is 0 Å². The molecule has 0 bridgehead atoms. The maximum atomic E-state index is 2.54. The molecule has 0 unspecified atom stereocenters. The van der Waals surface area contributed by atoms with Gasteiger partial charge in [-0.1, -0.05) is 170 Å². The Morgan fingerprint density at radius 3 is 1.82 bits per heavy atom. The molecule has 0 saturated heterocycles. The fourth-order valence-electron chi connectivity index (χ4n) is 10.2. The summed E-state index contributed by atoms with van der Waals surface area (Å²) in [6, 6.07) is 57.6. The van der Waals surface area contributed by atoms with E-state index in [0.717, 1.165) is 11.4 Å². The van der Waals surface area contributed by atoms with Crippen molar-refractivity contribution in [2.45, 2.75) is 71.6 Å². The Morgan fingerprint density at radius 2 is 1.04 bits per heavy atom. The lowest BCUT2D eigenvalue weighted by Gasteiger charge is -2.31. The first-order chi connectivity index (χ1) is 26.9. The zero-order valence-electron chi connectivity index (χ0n) is 33.9. The number of hydrogen-bond acceptors (Lipinski definition) is 1. The molecule has 8 aromatic carbocycles. The number of aryl methyl sites for hydroxylation is 1. The molecule has 0 radical (unpaired) electrons. The monoisotopic (exact) mass is 723 g/mol. The zero-order chi connectivity index (χ0) is 38.7. The van der Waals surface area contributed by atoms with E-state index in [1.807, 2.05) is 0 Å². The maximum Gasteiger partial charge on any atom is 0.0546 e. The van der Waals surface area contributed by atoms with E-state index in [2.05, 4.69) is 212 Å². The first-order valence-corrected chi connectivity index (χ1v) is 20.2. The third-order valence-corrected chi connectivity index (χ3v) is 13.1. The lowest BCUT2D eigenvalue weighted by atomic mass is 9.81. The topological polar surface area (TPSA) is 3.24 Å². The molecule has 8 aromatic rings. The molecular weight excluding hydrogens is 675 g/mol. The van der Waals surface area contributed by atoms with Crippen LogP contribution in [0.4, 0.5) is 17.1 Å². The first-order valence-electron chi connectivity index (χ1n) is 20.2. The molecule has 0 aromatic heterocycles. The molecule has 0 aliphatic heterocycles. The minimum Gasteiger partial charge on any atom is -0.310 e. The molecule has 0 heterocycles. The van der Waals surface area contributed by atoms with Crippen LogP contribution in [-0.2, 0) is 16.2 Å². The Hall–Kier alpha value is -5.92. The van der Waals surface area contributed by atoms with Gasteiger partial charge in [-0.25, -0.2) is 0 Å². The van der Waals surface area contributed by atoms with Gasteiger partial charge >= 0.3 is 0 Å². The van der Waals surface area contributed by atoms with Gasteiger partial charge in [0.05, 0.1) is 5.69 Å². The molecule has 0 amide bonds. The van der Waals surface area contributed by atoms with Gasteiger partial charge in [-0.2, -0.15) is 0 Å². The van der Waals surface area contributed by atoms with Crippen LogP contribution in [0.1, 0.15) is 81.8 Å². The summed E-state index contributed by atoms with van der Waals surface area (Å²) in [5.41, 5.74) is 19.4. The third-order valence-electron chi connectivity index (χ3n) is 13.1. The van der Waals surface area contributed by atoms with Gasteiger partial charge in [-0.05, 0) is 125 Å². The van der Waals surface area contributed by atoms with Gasteiger partial charge in [-0.15, -0.1) is 0 Å². The van der Waals surface area contributed by atoms with E-state index in [4.69, 9.17) is 0 Å². The predicted molar refractivity (Wildman–Crippen MR) is 240 cm³/mol.